The Hall–Kier alpha value is -4.83. The van der Waals surface area contributed by atoms with Gasteiger partial charge in [-0.1, -0.05) is 139 Å². The number of aryl methyl sites for hydroxylation is 1. The van der Waals surface area contributed by atoms with E-state index in [1.165, 1.54) is 5.56 Å². The lowest BCUT2D eigenvalue weighted by Gasteiger charge is -2.36. The van der Waals surface area contributed by atoms with Gasteiger partial charge >= 0.3 is 0 Å². The van der Waals surface area contributed by atoms with Crippen LogP contribution in [-0.2, 0) is 5.54 Å². The van der Waals surface area contributed by atoms with Crippen molar-refractivity contribution in [2.24, 2.45) is 0 Å². The van der Waals surface area contributed by atoms with E-state index in [1.54, 1.807) is 0 Å². The molecular weight excluding hydrogens is 452 g/mol. The first kappa shape index (κ1) is 22.6. The van der Waals surface area contributed by atoms with Crippen LogP contribution >= 0.6 is 0 Å². The molecule has 0 N–H and O–H groups in total. The lowest BCUT2D eigenvalue weighted by molar-refractivity contribution is 0.451. The summed E-state index contributed by atoms with van der Waals surface area (Å²) in [5.74, 6) is 0.700. The van der Waals surface area contributed by atoms with E-state index >= 15 is 0 Å². The van der Waals surface area contributed by atoms with Gasteiger partial charge in [-0.2, -0.15) is 0 Å². The molecule has 37 heavy (non-hydrogen) atoms. The lowest BCUT2D eigenvalue weighted by atomic mass is 9.77. The van der Waals surface area contributed by atoms with E-state index in [-0.39, 0.29) is 0 Å². The molecule has 0 radical (unpaired) electrons. The molecule has 0 fully saturated rings. The third-order valence-electron chi connectivity index (χ3n) is 6.87. The average Bonchev–Trinajstić information content (AvgIpc) is 3.46. The second-order valence-corrected chi connectivity index (χ2v) is 9.17. The first-order chi connectivity index (χ1) is 18.3. The molecule has 1 aromatic heterocycles. The molecule has 6 aromatic rings. The first-order valence-corrected chi connectivity index (χ1v) is 12.4. The number of hydrogen-bond acceptors (Lipinski definition) is 3. The molecule has 1 heterocycles. The molecule has 0 atom stereocenters. The Morgan fingerprint density at radius 3 is 1.57 bits per heavy atom. The van der Waals surface area contributed by atoms with E-state index in [4.69, 9.17) is 0 Å². The third kappa shape index (κ3) is 4.03. The number of aromatic nitrogens is 4. The largest absolute Gasteiger partial charge is 0.206 e. The fraction of sp³-hybridized carbons (Fsp3) is 0.0606. The fourth-order valence-electron chi connectivity index (χ4n) is 5.08. The van der Waals surface area contributed by atoms with Gasteiger partial charge in [-0.25, -0.2) is 4.68 Å². The van der Waals surface area contributed by atoms with Crippen LogP contribution in [0.15, 0.2) is 140 Å². The maximum absolute atomic E-state index is 4.66. The molecule has 0 spiro atoms. The van der Waals surface area contributed by atoms with Crippen LogP contribution in [0.1, 0.15) is 22.3 Å². The second-order valence-electron chi connectivity index (χ2n) is 9.17. The van der Waals surface area contributed by atoms with Crippen LogP contribution in [0.5, 0.6) is 0 Å². The summed E-state index contributed by atoms with van der Waals surface area (Å²) in [4.78, 5) is 0. The Labute approximate surface area is 216 Å². The van der Waals surface area contributed by atoms with Crippen LogP contribution in [0.2, 0.25) is 0 Å². The number of benzene rings is 5. The summed E-state index contributed by atoms with van der Waals surface area (Å²) in [6, 6.07) is 48.4. The Morgan fingerprint density at radius 1 is 0.514 bits per heavy atom. The molecule has 0 saturated carbocycles. The first-order valence-electron chi connectivity index (χ1n) is 12.4. The van der Waals surface area contributed by atoms with Crippen molar-refractivity contribution in [2.75, 3.05) is 0 Å². The van der Waals surface area contributed by atoms with E-state index in [9.17, 15) is 0 Å². The van der Waals surface area contributed by atoms with Gasteiger partial charge in [0.1, 0.15) is 5.54 Å². The van der Waals surface area contributed by atoms with Crippen molar-refractivity contribution in [1.29, 1.82) is 0 Å². The molecule has 0 amide bonds. The zero-order valence-corrected chi connectivity index (χ0v) is 20.6. The fourth-order valence-corrected chi connectivity index (χ4v) is 5.08. The van der Waals surface area contributed by atoms with Crippen LogP contribution in [0.25, 0.3) is 22.5 Å². The minimum Gasteiger partial charge on any atom is -0.206 e. The van der Waals surface area contributed by atoms with Crippen molar-refractivity contribution in [3.05, 3.63) is 162 Å². The van der Waals surface area contributed by atoms with Gasteiger partial charge in [0.15, 0.2) is 5.82 Å². The third-order valence-corrected chi connectivity index (χ3v) is 6.87. The summed E-state index contributed by atoms with van der Waals surface area (Å²) in [5.41, 5.74) is 6.94. The minimum atomic E-state index is -0.775. The Kier molecular flexibility index (Phi) is 5.91. The molecule has 6 rings (SSSR count). The van der Waals surface area contributed by atoms with E-state index in [1.807, 2.05) is 22.9 Å². The van der Waals surface area contributed by atoms with Gasteiger partial charge in [0, 0.05) is 5.56 Å². The smallest absolute Gasteiger partial charge is 0.183 e. The molecule has 4 nitrogen and oxygen atoms in total. The van der Waals surface area contributed by atoms with Crippen LogP contribution in [-0.4, -0.2) is 20.2 Å². The lowest BCUT2D eigenvalue weighted by Crippen LogP contribution is -2.39. The zero-order valence-electron chi connectivity index (χ0n) is 20.6. The zero-order chi connectivity index (χ0) is 25.1. The second kappa shape index (κ2) is 9.67. The predicted octanol–water partition coefficient (Wildman–Crippen LogP) is 7.16. The highest BCUT2D eigenvalue weighted by Gasteiger charge is 2.41. The van der Waals surface area contributed by atoms with Crippen molar-refractivity contribution in [3.8, 4) is 22.5 Å². The van der Waals surface area contributed by atoms with Crippen molar-refractivity contribution in [2.45, 2.75) is 12.5 Å². The molecule has 0 aliphatic rings. The van der Waals surface area contributed by atoms with Crippen molar-refractivity contribution >= 4 is 0 Å². The number of hydrogen-bond donors (Lipinski definition) is 0. The van der Waals surface area contributed by atoms with Gasteiger partial charge < -0.3 is 0 Å². The minimum absolute atomic E-state index is 0.700. The molecule has 0 bridgehead atoms. The normalized spacial score (nSPS) is 11.4. The van der Waals surface area contributed by atoms with Crippen LogP contribution < -0.4 is 0 Å². The Morgan fingerprint density at radius 2 is 1.03 bits per heavy atom. The van der Waals surface area contributed by atoms with Gasteiger partial charge in [0.2, 0.25) is 0 Å². The molecule has 4 heteroatoms. The summed E-state index contributed by atoms with van der Waals surface area (Å²) < 4.78 is 1.97. The van der Waals surface area contributed by atoms with Gasteiger partial charge in [-0.15, -0.1) is 5.10 Å². The highest BCUT2D eigenvalue weighted by atomic mass is 15.6. The summed E-state index contributed by atoms with van der Waals surface area (Å²) >= 11 is 0. The molecular formula is C33H26N4. The van der Waals surface area contributed by atoms with Crippen molar-refractivity contribution < 1.29 is 0 Å². The molecule has 0 unspecified atom stereocenters. The number of nitrogens with zero attached hydrogens (tertiary/aromatic N) is 4. The standard InChI is InChI=1S/C33H26N4/c1-25-20-22-26(23-21-25)27-12-11-13-28(24-27)32-34-35-36-37(32)33(29-14-5-2-6-15-29,30-16-7-3-8-17-30)31-18-9-4-10-19-31/h2-24H,1H3. The summed E-state index contributed by atoms with van der Waals surface area (Å²) in [5, 5.41) is 13.5. The molecule has 0 aliphatic carbocycles. The predicted molar refractivity (Wildman–Crippen MR) is 148 cm³/mol. The molecule has 5 aromatic carbocycles. The Balaban J connectivity index is 1.62. The quantitative estimate of drug-likeness (QED) is 0.239. The van der Waals surface area contributed by atoms with E-state index in [2.05, 4.69) is 144 Å². The van der Waals surface area contributed by atoms with E-state index in [0.717, 1.165) is 33.4 Å². The summed E-state index contributed by atoms with van der Waals surface area (Å²) in [6.07, 6.45) is 0. The van der Waals surface area contributed by atoms with Gasteiger partial charge in [0.05, 0.1) is 0 Å². The number of tetrazole rings is 1. The topological polar surface area (TPSA) is 43.6 Å². The van der Waals surface area contributed by atoms with E-state index in [0.29, 0.717) is 5.82 Å². The Bertz CT molecular complexity index is 1510. The monoisotopic (exact) mass is 478 g/mol. The van der Waals surface area contributed by atoms with Gasteiger partial charge in [0.25, 0.3) is 0 Å². The number of rotatable bonds is 6. The molecule has 0 saturated heterocycles. The van der Waals surface area contributed by atoms with Crippen LogP contribution in [0.4, 0.5) is 0 Å². The summed E-state index contributed by atoms with van der Waals surface area (Å²) in [7, 11) is 0. The van der Waals surface area contributed by atoms with Crippen molar-refractivity contribution in [1.82, 2.24) is 20.2 Å². The maximum atomic E-state index is 4.66. The summed E-state index contributed by atoms with van der Waals surface area (Å²) in [6.45, 7) is 2.10. The van der Waals surface area contributed by atoms with Crippen molar-refractivity contribution in [3.63, 3.8) is 0 Å². The van der Waals surface area contributed by atoms with E-state index < -0.39 is 5.54 Å². The van der Waals surface area contributed by atoms with Crippen LogP contribution in [0, 0.1) is 6.92 Å². The average molecular weight is 479 g/mol. The maximum Gasteiger partial charge on any atom is 0.183 e. The SMILES string of the molecule is Cc1ccc(-c2cccc(-c3nnnn3C(c3ccccc3)(c3ccccc3)c3ccccc3)c2)cc1. The molecule has 0 aliphatic heterocycles. The van der Waals surface area contributed by atoms with Gasteiger partial charge in [-0.05, 0) is 51.2 Å². The van der Waals surface area contributed by atoms with Crippen LogP contribution in [0.3, 0.4) is 0 Å². The highest BCUT2D eigenvalue weighted by molar-refractivity contribution is 5.71. The van der Waals surface area contributed by atoms with Gasteiger partial charge in [-0.3, -0.25) is 0 Å². The molecule has 178 valence electrons. The highest BCUT2D eigenvalue weighted by Crippen LogP contribution is 2.42.